The molecular formula is C23H22FN4O3PS. The van der Waals surface area contributed by atoms with Gasteiger partial charge in [-0.2, -0.15) is 0 Å². The summed E-state index contributed by atoms with van der Waals surface area (Å²) in [6.45, 7) is 6.32. The summed E-state index contributed by atoms with van der Waals surface area (Å²) < 4.78 is 20.8. The van der Waals surface area contributed by atoms with Gasteiger partial charge in [0.1, 0.15) is 5.75 Å². The lowest BCUT2D eigenvalue weighted by Gasteiger charge is -2.07. The number of pyridine rings is 2. The molecule has 170 valence electrons. The van der Waals surface area contributed by atoms with Gasteiger partial charge in [0.15, 0.2) is 11.6 Å². The van der Waals surface area contributed by atoms with Gasteiger partial charge in [-0.3, -0.25) is 20.1 Å². The lowest BCUT2D eigenvalue weighted by atomic mass is 10.2. The second-order valence-corrected chi connectivity index (χ2v) is 11.3. The van der Waals surface area contributed by atoms with Crippen LogP contribution in [0.3, 0.4) is 0 Å². The summed E-state index contributed by atoms with van der Waals surface area (Å²) >= 11 is 1.45. The molecule has 0 radical (unpaired) electrons. The van der Waals surface area contributed by atoms with Crippen LogP contribution in [0.1, 0.15) is 5.56 Å². The summed E-state index contributed by atoms with van der Waals surface area (Å²) in [6.07, 6.45) is 4.65. The van der Waals surface area contributed by atoms with Crippen molar-refractivity contribution < 1.29 is 14.1 Å². The number of nitrogens with zero attached hydrogens (tertiary/aromatic N) is 3. The Morgan fingerprint density at radius 1 is 1.15 bits per heavy atom. The van der Waals surface area contributed by atoms with E-state index < -0.39 is 10.7 Å². The van der Waals surface area contributed by atoms with Crippen LogP contribution >= 0.6 is 19.3 Å². The summed E-state index contributed by atoms with van der Waals surface area (Å²) in [5.41, 5.74) is 2.31. The summed E-state index contributed by atoms with van der Waals surface area (Å²) in [6, 6.07) is 10.9. The molecule has 33 heavy (non-hydrogen) atoms. The zero-order valence-electron chi connectivity index (χ0n) is 18.1. The predicted octanol–water partition coefficient (Wildman–Crippen LogP) is 6.03. The lowest BCUT2D eigenvalue weighted by molar-refractivity contribution is -0.385. The summed E-state index contributed by atoms with van der Waals surface area (Å²) in [5, 5.41) is 14.3. The molecule has 0 amide bonds. The topological polar surface area (TPSA) is 90.2 Å². The number of nitrogens with one attached hydrogen (secondary N) is 1. The van der Waals surface area contributed by atoms with E-state index in [1.807, 2.05) is 18.3 Å². The van der Waals surface area contributed by atoms with Gasteiger partial charge in [0.2, 0.25) is 0 Å². The number of benzene rings is 1. The lowest BCUT2D eigenvalue weighted by Crippen LogP contribution is -2.17. The van der Waals surface area contributed by atoms with Crippen LogP contribution in [0.25, 0.3) is 20.8 Å². The van der Waals surface area contributed by atoms with Crippen molar-refractivity contribution in [2.75, 3.05) is 26.0 Å². The van der Waals surface area contributed by atoms with E-state index in [0.29, 0.717) is 11.3 Å². The van der Waals surface area contributed by atoms with Gasteiger partial charge in [-0.25, -0.2) is 4.39 Å². The van der Waals surface area contributed by atoms with Gasteiger partial charge in [-0.05, 0) is 49.8 Å². The van der Waals surface area contributed by atoms with E-state index in [2.05, 4.69) is 34.7 Å². The third-order valence-electron chi connectivity index (χ3n) is 4.86. The molecule has 1 aromatic carbocycles. The Labute approximate surface area is 195 Å². The van der Waals surface area contributed by atoms with Crippen molar-refractivity contribution >= 4 is 35.2 Å². The fourth-order valence-corrected chi connectivity index (χ4v) is 4.78. The van der Waals surface area contributed by atoms with Crippen molar-refractivity contribution in [2.24, 2.45) is 0 Å². The normalized spacial score (nSPS) is 11.3. The van der Waals surface area contributed by atoms with E-state index in [0.717, 1.165) is 40.0 Å². The van der Waals surface area contributed by atoms with Crippen molar-refractivity contribution in [2.45, 2.75) is 6.54 Å². The number of hydrogen-bond donors (Lipinski definition) is 1. The fraction of sp³-hybridized carbons (Fsp3) is 0.217. The fourth-order valence-electron chi connectivity index (χ4n) is 3.14. The third kappa shape index (κ3) is 5.68. The quantitative estimate of drug-likeness (QED) is 0.135. The molecule has 0 unspecified atom stereocenters. The van der Waals surface area contributed by atoms with Crippen molar-refractivity contribution in [3.8, 4) is 22.1 Å². The first-order chi connectivity index (χ1) is 15.9. The van der Waals surface area contributed by atoms with Crippen molar-refractivity contribution in [1.82, 2.24) is 15.3 Å². The highest BCUT2D eigenvalue weighted by atomic mass is 32.1. The molecule has 4 aromatic rings. The number of fused-ring (bicyclic) bond motifs is 1. The average Bonchev–Trinajstić information content (AvgIpc) is 3.23. The monoisotopic (exact) mass is 484 g/mol. The molecule has 7 nitrogen and oxygen atoms in total. The Morgan fingerprint density at radius 3 is 2.70 bits per heavy atom. The number of thiophene rings is 1. The second kappa shape index (κ2) is 10.3. The highest BCUT2D eigenvalue weighted by Crippen LogP contribution is 2.39. The van der Waals surface area contributed by atoms with Crippen molar-refractivity contribution in [3.05, 3.63) is 76.4 Å². The Balaban J connectivity index is 1.52. The van der Waals surface area contributed by atoms with Crippen molar-refractivity contribution in [1.29, 1.82) is 0 Å². The number of nitro groups is 1. The van der Waals surface area contributed by atoms with Crippen molar-refractivity contribution in [3.63, 3.8) is 0 Å². The SMILES string of the molecule is CP(C)CCNCc1ccc(-c2cc3nccc(Oc4ccc([N+](=O)[O-])cc4F)c3s2)nc1. The first kappa shape index (κ1) is 23.2. The van der Waals surface area contributed by atoms with E-state index in [1.54, 1.807) is 12.3 Å². The molecule has 10 heteroatoms. The van der Waals surface area contributed by atoms with Gasteiger partial charge in [0.05, 0.1) is 31.8 Å². The molecule has 4 rings (SSSR count). The number of ether oxygens (including phenoxy) is 1. The number of hydrogen-bond acceptors (Lipinski definition) is 7. The Bertz CT molecular complexity index is 1280. The van der Waals surface area contributed by atoms with E-state index in [4.69, 9.17) is 4.74 Å². The van der Waals surface area contributed by atoms with Crippen LogP contribution in [0.15, 0.2) is 54.9 Å². The number of rotatable bonds is 9. The van der Waals surface area contributed by atoms with E-state index in [9.17, 15) is 14.5 Å². The minimum atomic E-state index is -0.800. The van der Waals surface area contributed by atoms with Gasteiger partial charge in [0.25, 0.3) is 5.69 Å². The van der Waals surface area contributed by atoms with Crippen LogP contribution in [0.5, 0.6) is 11.5 Å². The first-order valence-corrected chi connectivity index (χ1v) is 13.5. The molecule has 0 bridgehead atoms. The summed E-state index contributed by atoms with van der Waals surface area (Å²) in [5.74, 6) is -0.459. The van der Waals surface area contributed by atoms with Crippen LogP contribution in [0.2, 0.25) is 0 Å². The number of non-ortho nitro benzene ring substituents is 1. The highest BCUT2D eigenvalue weighted by Gasteiger charge is 2.16. The van der Waals surface area contributed by atoms with Gasteiger partial charge in [-0.15, -0.1) is 19.3 Å². The number of aromatic nitrogens is 2. The minimum absolute atomic E-state index is 0.0864. The molecule has 3 heterocycles. The van der Waals surface area contributed by atoms with Gasteiger partial charge in [0, 0.05) is 31.1 Å². The smallest absolute Gasteiger partial charge is 0.272 e. The van der Waals surface area contributed by atoms with Gasteiger partial charge >= 0.3 is 0 Å². The average molecular weight is 484 g/mol. The maximum Gasteiger partial charge on any atom is 0.272 e. The Morgan fingerprint density at radius 2 is 2.00 bits per heavy atom. The Kier molecular flexibility index (Phi) is 7.23. The van der Waals surface area contributed by atoms with Crippen LogP contribution in [-0.2, 0) is 6.54 Å². The van der Waals surface area contributed by atoms with Crippen LogP contribution in [0.4, 0.5) is 10.1 Å². The molecule has 0 aliphatic carbocycles. The van der Waals surface area contributed by atoms with Gasteiger partial charge in [-0.1, -0.05) is 6.07 Å². The molecule has 3 aromatic heterocycles. The minimum Gasteiger partial charge on any atom is -0.453 e. The molecule has 0 spiro atoms. The molecule has 0 aliphatic rings. The molecular weight excluding hydrogens is 462 g/mol. The van der Waals surface area contributed by atoms with E-state index in [1.165, 1.54) is 29.6 Å². The Hall–Kier alpha value is -3.00. The van der Waals surface area contributed by atoms with Crippen LogP contribution < -0.4 is 10.1 Å². The van der Waals surface area contributed by atoms with Gasteiger partial charge < -0.3 is 10.1 Å². The molecule has 0 fully saturated rings. The molecule has 0 saturated heterocycles. The maximum absolute atomic E-state index is 14.3. The summed E-state index contributed by atoms with van der Waals surface area (Å²) in [4.78, 5) is 20.1. The van der Waals surface area contributed by atoms with E-state index in [-0.39, 0.29) is 19.4 Å². The predicted molar refractivity (Wildman–Crippen MR) is 131 cm³/mol. The molecule has 0 aliphatic heterocycles. The number of halogens is 1. The number of nitro benzene ring substituents is 1. The largest absolute Gasteiger partial charge is 0.453 e. The standard InChI is InChI=1S/C23H22FN4O3PS/c1-32(2)10-9-25-13-15-3-5-18(27-14-15)22-12-19-23(33-22)21(7-8-26-19)31-20-6-4-16(28(29)30)11-17(20)24/h3-8,11-12,14,25H,9-10,13H2,1-2H3. The zero-order valence-corrected chi connectivity index (χ0v) is 19.8. The molecule has 1 N–H and O–H groups in total. The van der Waals surface area contributed by atoms with E-state index >= 15 is 0 Å². The van der Waals surface area contributed by atoms with Crippen LogP contribution in [0, 0.1) is 15.9 Å². The molecule has 0 atom stereocenters. The second-order valence-electron chi connectivity index (χ2n) is 7.64. The molecule has 0 saturated carbocycles. The zero-order chi connectivity index (χ0) is 23.4. The van der Waals surface area contributed by atoms with Crippen LogP contribution in [-0.4, -0.2) is 40.9 Å². The third-order valence-corrected chi connectivity index (χ3v) is 7.14. The first-order valence-electron chi connectivity index (χ1n) is 10.2. The highest BCUT2D eigenvalue weighted by molar-refractivity contribution is 7.56. The maximum atomic E-state index is 14.3. The summed E-state index contributed by atoms with van der Waals surface area (Å²) in [7, 11) is 0.107.